The summed E-state index contributed by atoms with van der Waals surface area (Å²) in [5, 5.41) is 5.57. The Balaban J connectivity index is 2.03. The SMILES string of the molecule is Cc1c2c(=O)n(-c3ccc(F)cc3)[nH]c2cc(=O)n1-c1nccs1. The van der Waals surface area contributed by atoms with Crippen molar-refractivity contribution >= 4 is 22.2 Å². The number of thiazole rings is 1. The zero-order chi connectivity index (χ0) is 16.8. The third kappa shape index (κ3) is 2.11. The second-order valence-corrected chi connectivity index (χ2v) is 6.11. The maximum atomic E-state index is 13.1. The molecule has 0 saturated heterocycles. The summed E-state index contributed by atoms with van der Waals surface area (Å²) in [6, 6.07) is 6.90. The number of rotatable bonds is 2. The van der Waals surface area contributed by atoms with Gasteiger partial charge in [0.15, 0.2) is 5.13 Å². The number of nitrogens with zero attached hydrogens (tertiary/aromatic N) is 3. The minimum absolute atomic E-state index is 0.276. The topological polar surface area (TPSA) is 72.7 Å². The van der Waals surface area contributed by atoms with Crippen molar-refractivity contribution in [3.8, 4) is 10.8 Å². The van der Waals surface area contributed by atoms with E-state index in [1.165, 1.54) is 50.9 Å². The zero-order valence-corrected chi connectivity index (χ0v) is 13.3. The molecule has 0 fully saturated rings. The molecule has 4 rings (SSSR count). The predicted octanol–water partition coefficient (Wildman–Crippen LogP) is 2.37. The number of halogens is 1. The van der Waals surface area contributed by atoms with Gasteiger partial charge in [-0.1, -0.05) is 0 Å². The molecule has 0 aliphatic rings. The van der Waals surface area contributed by atoms with E-state index in [4.69, 9.17) is 0 Å². The van der Waals surface area contributed by atoms with Crippen LogP contribution in [0.1, 0.15) is 5.69 Å². The molecule has 0 atom stereocenters. The lowest BCUT2D eigenvalue weighted by atomic mass is 10.2. The van der Waals surface area contributed by atoms with E-state index in [0.717, 1.165) is 0 Å². The van der Waals surface area contributed by atoms with Crippen molar-refractivity contribution in [1.29, 1.82) is 0 Å². The van der Waals surface area contributed by atoms with Gasteiger partial charge in [0.05, 0.1) is 16.6 Å². The highest BCUT2D eigenvalue weighted by Gasteiger charge is 2.16. The Labute approximate surface area is 138 Å². The molecular formula is C16H11FN4O2S. The molecule has 24 heavy (non-hydrogen) atoms. The van der Waals surface area contributed by atoms with E-state index in [1.807, 2.05) is 0 Å². The average Bonchev–Trinajstić information content (AvgIpc) is 3.17. The van der Waals surface area contributed by atoms with E-state index in [-0.39, 0.29) is 16.9 Å². The molecule has 1 N–H and O–H groups in total. The second-order valence-electron chi connectivity index (χ2n) is 5.24. The van der Waals surface area contributed by atoms with Gasteiger partial charge in [0, 0.05) is 23.3 Å². The molecule has 0 spiro atoms. The number of benzene rings is 1. The Morgan fingerprint density at radius 1 is 1.21 bits per heavy atom. The number of aryl methyl sites for hydroxylation is 1. The fraction of sp³-hybridized carbons (Fsp3) is 0.0625. The highest BCUT2D eigenvalue weighted by Crippen LogP contribution is 2.18. The Kier molecular flexibility index (Phi) is 3.20. The summed E-state index contributed by atoms with van der Waals surface area (Å²) >= 11 is 1.31. The molecule has 4 aromatic rings. The van der Waals surface area contributed by atoms with E-state index < -0.39 is 0 Å². The van der Waals surface area contributed by atoms with Gasteiger partial charge in [0.2, 0.25) is 0 Å². The Morgan fingerprint density at radius 3 is 2.62 bits per heavy atom. The standard InChI is InChI=1S/C16H11FN4O2S/c1-9-14-12(8-13(22)20(9)16-18-6-7-24-16)19-21(15(14)23)11-4-2-10(17)3-5-11/h2-8,19H,1H3. The van der Waals surface area contributed by atoms with Crippen LogP contribution in [-0.2, 0) is 0 Å². The Morgan fingerprint density at radius 2 is 1.96 bits per heavy atom. The molecule has 120 valence electrons. The Hall–Kier alpha value is -3.00. The van der Waals surface area contributed by atoms with Crippen LogP contribution in [0.5, 0.6) is 0 Å². The number of pyridine rings is 1. The van der Waals surface area contributed by atoms with Gasteiger partial charge in [-0.25, -0.2) is 14.1 Å². The van der Waals surface area contributed by atoms with E-state index in [2.05, 4.69) is 10.1 Å². The van der Waals surface area contributed by atoms with Crippen molar-refractivity contribution in [3.63, 3.8) is 0 Å². The number of nitrogens with one attached hydrogen (secondary N) is 1. The molecule has 3 aromatic heterocycles. The molecule has 0 radical (unpaired) electrons. The summed E-state index contributed by atoms with van der Waals surface area (Å²) in [6.45, 7) is 1.70. The smallest absolute Gasteiger partial charge is 0.280 e. The molecule has 0 aliphatic heterocycles. The molecule has 8 heteroatoms. The predicted molar refractivity (Wildman–Crippen MR) is 89.9 cm³/mol. The first kappa shape index (κ1) is 14.6. The van der Waals surface area contributed by atoms with Gasteiger partial charge < -0.3 is 0 Å². The van der Waals surface area contributed by atoms with E-state index in [1.54, 1.807) is 18.5 Å². The van der Waals surface area contributed by atoms with Crippen LogP contribution < -0.4 is 11.1 Å². The van der Waals surface area contributed by atoms with Gasteiger partial charge in [-0.15, -0.1) is 11.3 Å². The summed E-state index contributed by atoms with van der Waals surface area (Å²) in [5.74, 6) is -0.387. The molecule has 0 bridgehead atoms. The first-order valence-corrected chi connectivity index (χ1v) is 7.97. The highest BCUT2D eigenvalue weighted by molar-refractivity contribution is 7.12. The fourth-order valence-electron chi connectivity index (χ4n) is 2.71. The van der Waals surface area contributed by atoms with Crippen molar-refractivity contribution in [2.24, 2.45) is 0 Å². The van der Waals surface area contributed by atoms with Crippen molar-refractivity contribution in [2.45, 2.75) is 6.92 Å². The minimum Gasteiger partial charge on any atom is -0.290 e. The summed E-state index contributed by atoms with van der Waals surface area (Å²) in [4.78, 5) is 29.3. The summed E-state index contributed by atoms with van der Waals surface area (Å²) in [7, 11) is 0. The summed E-state index contributed by atoms with van der Waals surface area (Å²) in [6.07, 6.45) is 1.60. The van der Waals surface area contributed by atoms with Crippen molar-refractivity contribution < 1.29 is 4.39 Å². The molecule has 0 unspecified atom stereocenters. The summed E-state index contributed by atoms with van der Waals surface area (Å²) in [5.41, 5.74) is 0.848. The van der Waals surface area contributed by atoms with Gasteiger partial charge in [-0.05, 0) is 31.2 Å². The summed E-state index contributed by atoms with van der Waals surface area (Å²) < 4.78 is 15.8. The highest BCUT2D eigenvalue weighted by atomic mass is 32.1. The van der Waals surface area contributed by atoms with E-state index in [9.17, 15) is 14.0 Å². The lowest BCUT2D eigenvalue weighted by molar-refractivity contribution is 0.627. The van der Waals surface area contributed by atoms with Crippen LogP contribution >= 0.6 is 11.3 Å². The maximum Gasteiger partial charge on any atom is 0.280 e. The fourth-order valence-corrected chi connectivity index (χ4v) is 3.41. The van der Waals surface area contributed by atoms with Crippen molar-refractivity contribution in [2.75, 3.05) is 0 Å². The second kappa shape index (κ2) is 5.27. The van der Waals surface area contributed by atoms with Gasteiger partial charge >= 0.3 is 0 Å². The van der Waals surface area contributed by atoms with Crippen LogP contribution in [-0.4, -0.2) is 19.3 Å². The zero-order valence-electron chi connectivity index (χ0n) is 12.5. The van der Waals surface area contributed by atoms with Gasteiger partial charge in [-0.2, -0.15) is 0 Å². The van der Waals surface area contributed by atoms with Crippen molar-refractivity contribution in [1.82, 2.24) is 19.3 Å². The maximum absolute atomic E-state index is 13.1. The minimum atomic E-state index is -0.387. The Bertz CT molecular complexity index is 1150. The normalized spacial score (nSPS) is 11.2. The largest absolute Gasteiger partial charge is 0.290 e. The molecule has 0 saturated carbocycles. The number of H-pyrrole nitrogens is 1. The van der Waals surface area contributed by atoms with Gasteiger partial charge in [0.1, 0.15) is 5.82 Å². The van der Waals surface area contributed by atoms with Crippen LogP contribution in [0.15, 0.2) is 51.5 Å². The molecule has 6 nitrogen and oxygen atoms in total. The third-order valence-electron chi connectivity index (χ3n) is 3.80. The monoisotopic (exact) mass is 342 g/mol. The third-order valence-corrected chi connectivity index (χ3v) is 4.56. The van der Waals surface area contributed by atoms with Crippen LogP contribution in [0.4, 0.5) is 4.39 Å². The molecule has 0 amide bonds. The van der Waals surface area contributed by atoms with Gasteiger partial charge in [0.25, 0.3) is 11.1 Å². The van der Waals surface area contributed by atoms with Crippen LogP contribution in [0.2, 0.25) is 0 Å². The lowest BCUT2D eigenvalue weighted by Gasteiger charge is -2.05. The quantitative estimate of drug-likeness (QED) is 0.608. The first-order valence-electron chi connectivity index (χ1n) is 7.09. The van der Waals surface area contributed by atoms with Crippen LogP contribution in [0.25, 0.3) is 21.7 Å². The lowest BCUT2D eigenvalue weighted by Crippen LogP contribution is -2.21. The van der Waals surface area contributed by atoms with E-state index >= 15 is 0 Å². The number of hydrogen-bond donors (Lipinski definition) is 1. The molecule has 3 heterocycles. The number of aromatic nitrogens is 4. The number of fused-ring (bicyclic) bond motifs is 1. The first-order chi connectivity index (χ1) is 11.6. The average molecular weight is 342 g/mol. The van der Waals surface area contributed by atoms with Crippen molar-refractivity contribution in [3.05, 3.63) is 74.1 Å². The van der Waals surface area contributed by atoms with Gasteiger partial charge in [-0.3, -0.25) is 19.3 Å². The van der Waals surface area contributed by atoms with Crippen LogP contribution in [0, 0.1) is 12.7 Å². The van der Waals surface area contributed by atoms with E-state index in [0.29, 0.717) is 27.4 Å². The van der Waals surface area contributed by atoms with Crippen LogP contribution in [0.3, 0.4) is 0 Å². The molecule has 0 aliphatic carbocycles. The number of aromatic amines is 1. The molecule has 1 aromatic carbocycles. The molecular weight excluding hydrogens is 331 g/mol. The number of hydrogen-bond acceptors (Lipinski definition) is 4.